The number of hydrazine groups is 1. The molecule has 1 fully saturated rings. The van der Waals surface area contributed by atoms with Crippen molar-refractivity contribution in [3.8, 4) is 0 Å². The fourth-order valence-electron chi connectivity index (χ4n) is 2.19. The van der Waals surface area contributed by atoms with Gasteiger partial charge >= 0.3 is 10.1 Å². The molecule has 1 aromatic carbocycles. The Bertz CT molecular complexity index is 957. The van der Waals surface area contributed by atoms with Crippen molar-refractivity contribution >= 4 is 50.1 Å². The number of furan rings is 1. The summed E-state index contributed by atoms with van der Waals surface area (Å²) >= 11 is 2.10. The number of carbonyl (C=O) groups is 2. The molecule has 10 heteroatoms. The van der Waals surface area contributed by atoms with Gasteiger partial charge in [-0.2, -0.15) is 8.42 Å². The fourth-order valence-corrected chi connectivity index (χ4v) is 2.98. The smallest absolute Gasteiger partial charge is 0.328 e. The standard InChI is InChI=1S/C14H9IN2O6S/c15-8-3-1-7(2-4-8)11(12-13(18)16-17-14(12)19)9-5-6-10(23-9)24(20,21)22/h1-6H,(H,16,18)(H,17,19)(H,20,21,22). The van der Waals surface area contributed by atoms with Crippen LogP contribution in [0.3, 0.4) is 0 Å². The first kappa shape index (κ1) is 16.7. The first-order valence-electron chi connectivity index (χ1n) is 6.46. The summed E-state index contributed by atoms with van der Waals surface area (Å²) in [5.41, 5.74) is 4.75. The highest BCUT2D eigenvalue weighted by molar-refractivity contribution is 14.1. The first-order valence-corrected chi connectivity index (χ1v) is 8.98. The lowest BCUT2D eigenvalue weighted by Gasteiger charge is -2.07. The van der Waals surface area contributed by atoms with Crippen molar-refractivity contribution in [3.63, 3.8) is 0 Å². The van der Waals surface area contributed by atoms with E-state index in [2.05, 4.69) is 33.4 Å². The predicted molar refractivity (Wildman–Crippen MR) is 90.0 cm³/mol. The molecule has 0 unspecified atom stereocenters. The van der Waals surface area contributed by atoms with Crippen LogP contribution in [0.5, 0.6) is 0 Å². The van der Waals surface area contributed by atoms with Gasteiger partial charge in [0.2, 0.25) is 5.09 Å². The number of amides is 2. The Morgan fingerprint density at radius 2 is 1.58 bits per heavy atom. The Morgan fingerprint density at radius 1 is 1.00 bits per heavy atom. The monoisotopic (exact) mass is 460 g/mol. The number of hydrogen-bond acceptors (Lipinski definition) is 5. The number of carbonyl (C=O) groups excluding carboxylic acids is 2. The maximum Gasteiger partial charge on any atom is 0.328 e. The molecular formula is C14H9IN2O6S. The van der Waals surface area contributed by atoms with E-state index in [-0.39, 0.29) is 16.9 Å². The third kappa shape index (κ3) is 3.07. The minimum absolute atomic E-state index is 0.0361. The zero-order valence-corrected chi connectivity index (χ0v) is 14.7. The van der Waals surface area contributed by atoms with Gasteiger partial charge in [0.25, 0.3) is 11.8 Å². The zero-order chi connectivity index (χ0) is 17.5. The minimum atomic E-state index is -4.55. The normalized spacial score (nSPS) is 14.5. The minimum Gasteiger partial charge on any atom is -0.442 e. The van der Waals surface area contributed by atoms with Crippen LogP contribution in [-0.4, -0.2) is 24.8 Å². The second-order valence-corrected chi connectivity index (χ2v) is 7.36. The molecule has 2 aromatic rings. The number of nitrogens with one attached hydrogen (secondary N) is 2. The Morgan fingerprint density at radius 3 is 2.08 bits per heavy atom. The van der Waals surface area contributed by atoms with Gasteiger partial charge in [-0.15, -0.1) is 0 Å². The van der Waals surface area contributed by atoms with E-state index in [0.29, 0.717) is 5.56 Å². The van der Waals surface area contributed by atoms with Crippen LogP contribution in [0.25, 0.3) is 5.57 Å². The van der Waals surface area contributed by atoms with Crippen molar-refractivity contribution in [1.29, 1.82) is 0 Å². The summed E-state index contributed by atoms with van der Waals surface area (Å²) in [5, 5.41) is -0.681. The molecule has 8 nitrogen and oxygen atoms in total. The molecule has 0 aliphatic carbocycles. The molecule has 1 aliphatic rings. The zero-order valence-electron chi connectivity index (χ0n) is 11.7. The second-order valence-electron chi connectivity index (χ2n) is 4.76. The van der Waals surface area contributed by atoms with Gasteiger partial charge in [0.15, 0.2) is 0 Å². The molecule has 0 radical (unpaired) electrons. The van der Waals surface area contributed by atoms with E-state index in [9.17, 15) is 18.0 Å². The Hall–Kier alpha value is -2.18. The molecule has 3 rings (SSSR count). The highest BCUT2D eigenvalue weighted by Gasteiger charge is 2.32. The average Bonchev–Trinajstić information content (AvgIpc) is 3.11. The Labute approximate surface area is 149 Å². The van der Waals surface area contributed by atoms with E-state index < -0.39 is 27.0 Å². The molecule has 1 aromatic heterocycles. The molecular weight excluding hydrogens is 451 g/mol. The summed E-state index contributed by atoms with van der Waals surface area (Å²) in [6, 6.07) is 9.16. The lowest BCUT2D eigenvalue weighted by Crippen LogP contribution is -2.28. The molecule has 24 heavy (non-hydrogen) atoms. The van der Waals surface area contributed by atoms with Gasteiger partial charge in [-0.25, -0.2) is 0 Å². The van der Waals surface area contributed by atoms with Crippen LogP contribution in [0.15, 0.2) is 51.5 Å². The van der Waals surface area contributed by atoms with Gasteiger partial charge in [-0.3, -0.25) is 25.0 Å². The van der Waals surface area contributed by atoms with Crippen LogP contribution in [0.4, 0.5) is 0 Å². The first-order chi connectivity index (χ1) is 11.3. The molecule has 0 spiro atoms. The van der Waals surface area contributed by atoms with Gasteiger partial charge in [0.05, 0.1) is 0 Å². The van der Waals surface area contributed by atoms with Crippen LogP contribution >= 0.6 is 22.6 Å². The Balaban J connectivity index is 2.26. The van der Waals surface area contributed by atoms with Gasteiger partial charge in [-0.05, 0) is 52.4 Å². The van der Waals surface area contributed by atoms with Gasteiger partial charge in [0.1, 0.15) is 11.3 Å². The Kier molecular flexibility index (Phi) is 4.19. The molecule has 1 aliphatic heterocycles. The van der Waals surface area contributed by atoms with Crippen LogP contribution < -0.4 is 10.9 Å². The average molecular weight is 460 g/mol. The van der Waals surface area contributed by atoms with Gasteiger partial charge in [0, 0.05) is 9.14 Å². The van der Waals surface area contributed by atoms with Crippen molar-refractivity contribution in [3.05, 3.63) is 56.9 Å². The summed E-state index contributed by atoms with van der Waals surface area (Å²) in [5.74, 6) is -1.37. The molecule has 2 amide bonds. The molecule has 0 saturated carbocycles. The molecule has 0 bridgehead atoms. The molecule has 0 atom stereocenters. The van der Waals surface area contributed by atoms with Gasteiger partial charge < -0.3 is 4.42 Å². The highest BCUT2D eigenvalue weighted by Crippen LogP contribution is 2.31. The third-order valence-electron chi connectivity index (χ3n) is 3.21. The molecule has 124 valence electrons. The summed E-state index contributed by atoms with van der Waals surface area (Å²) in [6.45, 7) is 0. The molecule has 3 N–H and O–H groups in total. The predicted octanol–water partition coefficient (Wildman–Crippen LogP) is 1.09. The topological polar surface area (TPSA) is 126 Å². The van der Waals surface area contributed by atoms with E-state index in [1.54, 1.807) is 24.3 Å². The largest absolute Gasteiger partial charge is 0.442 e. The quantitative estimate of drug-likeness (QED) is 0.273. The molecule has 2 heterocycles. The van der Waals surface area contributed by atoms with Crippen LogP contribution in [-0.2, 0) is 19.7 Å². The second kappa shape index (κ2) is 6.03. The number of rotatable bonds is 3. The van der Waals surface area contributed by atoms with E-state index in [1.807, 2.05) is 0 Å². The van der Waals surface area contributed by atoms with E-state index in [1.165, 1.54) is 6.07 Å². The highest BCUT2D eigenvalue weighted by atomic mass is 127. The van der Waals surface area contributed by atoms with Crippen molar-refractivity contribution in [2.24, 2.45) is 0 Å². The molecule has 1 saturated heterocycles. The van der Waals surface area contributed by atoms with Crippen molar-refractivity contribution in [2.45, 2.75) is 5.09 Å². The van der Waals surface area contributed by atoms with E-state index in [0.717, 1.165) is 9.64 Å². The van der Waals surface area contributed by atoms with Crippen LogP contribution in [0.1, 0.15) is 11.3 Å². The maximum atomic E-state index is 12.0. The summed E-state index contributed by atoms with van der Waals surface area (Å²) in [6.07, 6.45) is 0. The van der Waals surface area contributed by atoms with Crippen molar-refractivity contribution in [2.75, 3.05) is 0 Å². The SMILES string of the molecule is O=C1NNC(=O)C1=C(c1ccc(I)cc1)c1ccc(S(=O)(=O)O)o1. The lowest BCUT2D eigenvalue weighted by atomic mass is 9.97. The number of halogens is 1. The van der Waals surface area contributed by atoms with E-state index >= 15 is 0 Å². The van der Waals surface area contributed by atoms with Crippen molar-refractivity contribution < 1.29 is 27.0 Å². The van der Waals surface area contributed by atoms with Crippen LogP contribution in [0.2, 0.25) is 0 Å². The maximum absolute atomic E-state index is 12.0. The third-order valence-corrected chi connectivity index (χ3v) is 4.66. The summed E-state index contributed by atoms with van der Waals surface area (Å²) in [7, 11) is -4.55. The summed E-state index contributed by atoms with van der Waals surface area (Å²) in [4.78, 5) is 24.0. The number of benzene rings is 1. The van der Waals surface area contributed by atoms with E-state index in [4.69, 9.17) is 8.97 Å². The van der Waals surface area contributed by atoms with Gasteiger partial charge in [-0.1, -0.05) is 12.1 Å². The van der Waals surface area contributed by atoms with Crippen molar-refractivity contribution in [1.82, 2.24) is 10.9 Å². The fraction of sp³-hybridized carbons (Fsp3) is 0. The lowest BCUT2D eigenvalue weighted by molar-refractivity contribution is -0.117. The van der Waals surface area contributed by atoms with Crippen LogP contribution in [0, 0.1) is 3.57 Å². The summed E-state index contributed by atoms with van der Waals surface area (Å²) < 4.78 is 37.5. The number of hydrogen-bond donors (Lipinski definition) is 3.